The molecule has 0 heterocycles. The fourth-order valence-corrected chi connectivity index (χ4v) is 0.896. The van der Waals surface area contributed by atoms with Crippen molar-refractivity contribution in [1.82, 2.24) is 0 Å². The van der Waals surface area contributed by atoms with Crippen LogP contribution < -0.4 is 0 Å². The zero-order valence-corrected chi connectivity index (χ0v) is 7.35. The molecule has 10 heavy (non-hydrogen) atoms. The second-order valence-corrected chi connectivity index (χ2v) is 3.90. The third-order valence-electron chi connectivity index (χ3n) is 2.51. The highest BCUT2D eigenvalue weighted by Crippen LogP contribution is 2.46. The van der Waals surface area contributed by atoms with Crippen LogP contribution in [0.1, 0.15) is 40.0 Å². The molecule has 0 bridgehead atoms. The quantitative estimate of drug-likeness (QED) is 0.524. The van der Waals surface area contributed by atoms with Gasteiger partial charge in [-0.15, -0.1) is 0 Å². The van der Waals surface area contributed by atoms with Gasteiger partial charge in [0, 0.05) is 0 Å². The van der Waals surface area contributed by atoms with E-state index in [1.807, 2.05) is 0 Å². The molecule has 0 amide bonds. The number of hydrogen-bond donors (Lipinski definition) is 0. The summed E-state index contributed by atoms with van der Waals surface area (Å²) in [7, 11) is 0. The van der Waals surface area contributed by atoms with Crippen molar-refractivity contribution in [2.24, 2.45) is 11.3 Å². The smallest absolute Gasteiger partial charge is 0.0146 e. The van der Waals surface area contributed by atoms with E-state index in [-0.39, 0.29) is 0 Å². The SMILES string of the molecule is CCC(C)C=CC1(C)CC1. The minimum atomic E-state index is 0.601. The van der Waals surface area contributed by atoms with E-state index in [0.717, 1.165) is 5.92 Å². The molecule has 0 N–H and O–H groups in total. The maximum atomic E-state index is 2.40. The Hall–Kier alpha value is -0.260. The van der Waals surface area contributed by atoms with Gasteiger partial charge in [-0.2, -0.15) is 0 Å². The van der Waals surface area contributed by atoms with E-state index in [1.165, 1.54) is 19.3 Å². The van der Waals surface area contributed by atoms with Crippen molar-refractivity contribution in [3.05, 3.63) is 12.2 Å². The molecule has 0 aromatic carbocycles. The molecule has 1 rings (SSSR count). The van der Waals surface area contributed by atoms with Crippen LogP contribution in [-0.4, -0.2) is 0 Å². The van der Waals surface area contributed by atoms with Crippen LogP contribution in [0.2, 0.25) is 0 Å². The standard InChI is InChI=1S/C10H18/c1-4-9(2)5-6-10(3)7-8-10/h5-6,9H,4,7-8H2,1-3H3. The van der Waals surface area contributed by atoms with Gasteiger partial charge in [-0.25, -0.2) is 0 Å². The molecule has 0 saturated heterocycles. The first kappa shape index (κ1) is 7.84. The molecule has 1 unspecified atom stereocenters. The van der Waals surface area contributed by atoms with Crippen LogP contribution in [0.4, 0.5) is 0 Å². The lowest BCUT2D eigenvalue weighted by molar-refractivity contribution is 0.672. The molecular formula is C10H18. The van der Waals surface area contributed by atoms with Crippen LogP contribution in [0, 0.1) is 11.3 Å². The average molecular weight is 138 g/mol. The first-order chi connectivity index (χ1) is 4.66. The molecule has 1 atom stereocenters. The van der Waals surface area contributed by atoms with Crippen molar-refractivity contribution in [2.45, 2.75) is 40.0 Å². The molecule has 1 fully saturated rings. The van der Waals surface area contributed by atoms with Crippen LogP contribution >= 0.6 is 0 Å². The summed E-state index contributed by atoms with van der Waals surface area (Å²) in [5, 5.41) is 0. The van der Waals surface area contributed by atoms with Crippen LogP contribution in [0.3, 0.4) is 0 Å². The van der Waals surface area contributed by atoms with Gasteiger partial charge in [0.05, 0.1) is 0 Å². The third-order valence-corrected chi connectivity index (χ3v) is 2.51. The summed E-state index contributed by atoms with van der Waals surface area (Å²) in [5.41, 5.74) is 0.601. The Balaban J connectivity index is 2.28. The zero-order valence-electron chi connectivity index (χ0n) is 7.35. The van der Waals surface area contributed by atoms with E-state index in [4.69, 9.17) is 0 Å². The highest BCUT2D eigenvalue weighted by atomic mass is 14.4. The van der Waals surface area contributed by atoms with Crippen molar-refractivity contribution in [3.8, 4) is 0 Å². The lowest BCUT2D eigenvalue weighted by atomic mass is 10.0. The molecule has 0 aromatic rings. The van der Waals surface area contributed by atoms with Crippen LogP contribution in [-0.2, 0) is 0 Å². The molecule has 0 heteroatoms. The maximum absolute atomic E-state index is 2.40. The molecule has 0 spiro atoms. The molecule has 0 radical (unpaired) electrons. The number of rotatable bonds is 3. The predicted molar refractivity (Wildman–Crippen MR) is 45.9 cm³/mol. The summed E-state index contributed by atoms with van der Waals surface area (Å²) in [6.07, 6.45) is 8.85. The summed E-state index contributed by atoms with van der Waals surface area (Å²) in [6, 6.07) is 0. The predicted octanol–water partition coefficient (Wildman–Crippen LogP) is 3.39. The van der Waals surface area contributed by atoms with Crippen LogP contribution in [0.25, 0.3) is 0 Å². The molecule has 0 aliphatic heterocycles. The van der Waals surface area contributed by atoms with Gasteiger partial charge < -0.3 is 0 Å². The third kappa shape index (κ3) is 2.17. The van der Waals surface area contributed by atoms with Gasteiger partial charge in [-0.05, 0) is 24.2 Å². The fraction of sp³-hybridized carbons (Fsp3) is 0.800. The second kappa shape index (κ2) is 2.77. The van der Waals surface area contributed by atoms with Gasteiger partial charge >= 0.3 is 0 Å². The van der Waals surface area contributed by atoms with Gasteiger partial charge in [-0.1, -0.05) is 39.3 Å². The maximum Gasteiger partial charge on any atom is -0.0146 e. The minimum absolute atomic E-state index is 0.601. The summed E-state index contributed by atoms with van der Waals surface area (Å²) in [4.78, 5) is 0. The Bertz CT molecular complexity index is 129. The van der Waals surface area contributed by atoms with E-state index in [2.05, 4.69) is 32.9 Å². The monoisotopic (exact) mass is 138 g/mol. The highest BCUT2D eigenvalue weighted by molar-refractivity contribution is 5.07. The van der Waals surface area contributed by atoms with Crippen LogP contribution in [0.15, 0.2) is 12.2 Å². The van der Waals surface area contributed by atoms with Gasteiger partial charge in [-0.3, -0.25) is 0 Å². The molecule has 1 saturated carbocycles. The molecule has 1 aliphatic carbocycles. The molecule has 0 aromatic heterocycles. The Labute approximate surface area is 64.3 Å². The minimum Gasteiger partial charge on any atom is -0.0852 e. The largest absolute Gasteiger partial charge is 0.0852 e. The van der Waals surface area contributed by atoms with E-state index in [0.29, 0.717) is 5.41 Å². The zero-order chi connectivity index (χ0) is 7.61. The van der Waals surface area contributed by atoms with Crippen LogP contribution in [0.5, 0.6) is 0 Å². The average Bonchev–Trinajstić information content (AvgIpc) is 2.64. The lowest BCUT2D eigenvalue weighted by Gasteiger charge is -2.02. The molecule has 58 valence electrons. The number of hydrogen-bond acceptors (Lipinski definition) is 0. The Morgan fingerprint density at radius 3 is 2.50 bits per heavy atom. The van der Waals surface area contributed by atoms with Crippen molar-refractivity contribution >= 4 is 0 Å². The van der Waals surface area contributed by atoms with Gasteiger partial charge in [0.15, 0.2) is 0 Å². The summed E-state index contributed by atoms with van der Waals surface area (Å²) >= 11 is 0. The lowest BCUT2D eigenvalue weighted by Crippen LogP contribution is -1.89. The van der Waals surface area contributed by atoms with E-state index >= 15 is 0 Å². The van der Waals surface area contributed by atoms with Crippen molar-refractivity contribution in [1.29, 1.82) is 0 Å². The summed E-state index contributed by atoms with van der Waals surface area (Å²) in [5.74, 6) is 0.775. The van der Waals surface area contributed by atoms with Gasteiger partial charge in [0.25, 0.3) is 0 Å². The van der Waals surface area contributed by atoms with Gasteiger partial charge in [0.2, 0.25) is 0 Å². The summed E-state index contributed by atoms with van der Waals surface area (Å²) in [6.45, 7) is 6.86. The summed E-state index contributed by atoms with van der Waals surface area (Å²) < 4.78 is 0. The van der Waals surface area contributed by atoms with Crippen molar-refractivity contribution < 1.29 is 0 Å². The van der Waals surface area contributed by atoms with E-state index in [1.54, 1.807) is 0 Å². The van der Waals surface area contributed by atoms with Crippen molar-refractivity contribution in [3.63, 3.8) is 0 Å². The Morgan fingerprint density at radius 2 is 2.10 bits per heavy atom. The first-order valence-corrected chi connectivity index (χ1v) is 4.36. The van der Waals surface area contributed by atoms with E-state index in [9.17, 15) is 0 Å². The van der Waals surface area contributed by atoms with E-state index < -0.39 is 0 Å². The topological polar surface area (TPSA) is 0 Å². The highest BCUT2D eigenvalue weighted by Gasteiger charge is 2.33. The number of allylic oxidation sites excluding steroid dienone is 2. The second-order valence-electron chi connectivity index (χ2n) is 3.90. The normalized spacial score (nSPS) is 25.1. The fourth-order valence-electron chi connectivity index (χ4n) is 0.896. The Kier molecular flexibility index (Phi) is 2.18. The molecule has 1 aliphatic rings. The van der Waals surface area contributed by atoms with Gasteiger partial charge in [0.1, 0.15) is 0 Å². The molecular weight excluding hydrogens is 120 g/mol. The van der Waals surface area contributed by atoms with Crippen molar-refractivity contribution in [2.75, 3.05) is 0 Å². The molecule has 0 nitrogen and oxygen atoms in total. The Morgan fingerprint density at radius 1 is 1.50 bits per heavy atom. The first-order valence-electron chi connectivity index (χ1n) is 4.36.